The van der Waals surface area contributed by atoms with Crippen LogP contribution in [0.4, 0.5) is 0 Å². The zero-order chi connectivity index (χ0) is 19.4. The number of methoxy groups -OCH3 is 2. The number of carbonyl (C=O) groups excluding carboxylic acids is 1. The van der Waals surface area contributed by atoms with Gasteiger partial charge in [0.15, 0.2) is 11.5 Å². The molecule has 1 aromatic heterocycles. The van der Waals surface area contributed by atoms with Crippen LogP contribution in [0, 0.1) is 0 Å². The van der Waals surface area contributed by atoms with Gasteiger partial charge in [-0.3, -0.25) is 4.79 Å². The van der Waals surface area contributed by atoms with E-state index in [0.717, 1.165) is 40.9 Å². The van der Waals surface area contributed by atoms with Crippen LogP contribution >= 0.6 is 0 Å². The highest BCUT2D eigenvalue weighted by atomic mass is 16.5. The van der Waals surface area contributed by atoms with Crippen molar-refractivity contribution in [1.29, 1.82) is 0 Å². The molecule has 0 spiro atoms. The molecule has 3 rings (SSSR count). The Hall–Kier alpha value is -2.79. The fourth-order valence-corrected chi connectivity index (χ4v) is 3.33. The van der Waals surface area contributed by atoms with E-state index >= 15 is 0 Å². The number of ketones is 1. The van der Waals surface area contributed by atoms with Crippen LogP contribution in [0.25, 0.3) is 10.9 Å². The number of Topliss-reactive ketones (excluding diaryl/α,β-unsaturated/α-hetero) is 1. The van der Waals surface area contributed by atoms with E-state index in [4.69, 9.17) is 9.47 Å². The van der Waals surface area contributed by atoms with Crippen LogP contribution in [0.3, 0.4) is 0 Å². The summed E-state index contributed by atoms with van der Waals surface area (Å²) in [6.45, 7) is 2.85. The molecular weight excluding hydrogens is 340 g/mol. The van der Waals surface area contributed by atoms with Crippen LogP contribution in [0.1, 0.15) is 22.8 Å². The number of aromatic nitrogens is 1. The summed E-state index contributed by atoms with van der Waals surface area (Å²) in [4.78, 5) is 17.3. The number of quaternary nitrogens is 1. The number of benzene rings is 2. The van der Waals surface area contributed by atoms with Gasteiger partial charge in [0.2, 0.25) is 5.78 Å². The van der Waals surface area contributed by atoms with Gasteiger partial charge in [-0.15, -0.1) is 0 Å². The number of aromatic amines is 1. The summed E-state index contributed by atoms with van der Waals surface area (Å²) in [6, 6.07) is 13.8. The van der Waals surface area contributed by atoms with Gasteiger partial charge in [-0.25, -0.2) is 0 Å². The van der Waals surface area contributed by atoms with Crippen molar-refractivity contribution in [3.63, 3.8) is 0 Å². The van der Waals surface area contributed by atoms with E-state index in [1.807, 2.05) is 55.6 Å². The number of nitrogens with one attached hydrogen (secondary N) is 2. The molecule has 0 radical (unpaired) electrons. The molecular formula is C22H27N2O3+. The zero-order valence-corrected chi connectivity index (χ0v) is 16.3. The van der Waals surface area contributed by atoms with Crippen molar-refractivity contribution < 1.29 is 19.2 Å². The van der Waals surface area contributed by atoms with Crippen LogP contribution in [0.5, 0.6) is 11.5 Å². The van der Waals surface area contributed by atoms with E-state index in [1.165, 1.54) is 10.5 Å². The van der Waals surface area contributed by atoms with Gasteiger partial charge in [0.1, 0.15) is 6.04 Å². The molecule has 3 aromatic rings. The van der Waals surface area contributed by atoms with E-state index in [-0.39, 0.29) is 11.8 Å². The van der Waals surface area contributed by atoms with Crippen molar-refractivity contribution >= 4 is 16.7 Å². The molecule has 0 aliphatic carbocycles. The molecule has 5 heteroatoms. The normalized spacial score (nSPS) is 13.3. The summed E-state index contributed by atoms with van der Waals surface area (Å²) >= 11 is 0. The molecule has 0 fully saturated rings. The molecule has 1 heterocycles. The second kappa shape index (κ2) is 8.27. The number of hydrogen-bond acceptors (Lipinski definition) is 3. The third kappa shape index (κ3) is 3.98. The lowest BCUT2D eigenvalue weighted by Crippen LogP contribution is -3.13. The van der Waals surface area contributed by atoms with Crippen LogP contribution in [0.15, 0.2) is 48.7 Å². The van der Waals surface area contributed by atoms with Crippen molar-refractivity contribution in [3.05, 3.63) is 59.8 Å². The van der Waals surface area contributed by atoms with E-state index in [9.17, 15) is 4.79 Å². The zero-order valence-electron chi connectivity index (χ0n) is 16.3. The predicted molar refractivity (Wildman–Crippen MR) is 107 cm³/mol. The summed E-state index contributed by atoms with van der Waals surface area (Å²) in [5, 5.41) is 0.988. The Balaban J connectivity index is 1.67. The lowest BCUT2D eigenvalue weighted by molar-refractivity contribution is -0.893. The highest BCUT2D eigenvalue weighted by Crippen LogP contribution is 2.27. The molecule has 2 N–H and O–H groups in total. The lowest BCUT2D eigenvalue weighted by Gasteiger charge is -2.21. The number of para-hydroxylation sites is 1. The minimum absolute atomic E-state index is 0.121. The second-order valence-corrected chi connectivity index (χ2v) is 6.87. The first kappa shape index (κ1) is 19.0. The van der Waals surface area contributed by atoms with Gasteiger partial charge in [0.25, 0.3) is 0 Å². The average Bonchev–Trinajstić information content (AvgIpc) is 3.14. The fourth-order valence-electron chi connectivity index (χ4n) is 3.33. The van der Waals surface area contributed by atoms with Gasteiger partial charge in [-0.05, 0) is 30.7 Å². The van der Waals surface area contributed by atoms with E-state index in [0.29, 0.717) is 0 Å². The fraction of sp³-hybridized carbons (Fsp3) is 0.318. The Morgan fingerprint density at radius 2 is 1.85 bits per heavy atom. The Kier molecular flexibility index (Phi) is 5.81. The number of ether oxygens (including phenoxy) is 2. The number of hydrogen-bond donors (Lipinski definition) is 2. The Morgan fingerprint density at radius 3 is 2.59 bits per heavy atom. The van der Waals surface area contributed by atoms with Crippen molar-refractivity contribution in [2.75, 3.05) is 27.8 Å². The topological polar surface area (TPSA) is 55.8 Å². The molecule has 1 unspecified atom stereocenters. The first-order chi connectivity index (χ1) is 13.0. The Labute approximate surface area is 159 Å². The molecule has 5 nitrogen and oxygen atoms in total. The standard InChI is InChI=1S/C22H26N2O3/c1-15(22(25)18-14-23-19-8-6-5-7-17(18)19)24(2)12-11-16-9-10-20(26-3)21(13-16)27-4/h5-10,13-15,23H,11-12H2,1-4H3/p+1/t15-/m1/s1. The van der Waals surface area contributed by atoms with Crippen LogP contribution in [-0.4, -0.2) is 44.6 Å². The number of fused-ring (bicyclic) bond motifs is 1. The van der Waals surface area contributed by atoms with Gasteiger partial charge >= 0.3 is 0 Å². The lowest BCUT2D eigenvalue weighted by atomic mass is 10.0. The van der Waals surface area contributed by atoms with E-state index in [2.05, 4.69) is 12.0 Å². The number of rotatable bonds is 8. The number of H-pyrrole nitrogens is 1. The maximum atomic E-state index is 13.0. The highest BCUT2D eigenvalue weighted by molar-refractivity contribution is 6.09. The summed E-state index contributed by atoms with van der Waals surface area (Å²) < 4.78 is 10.7. The predicted octanol–water partition coefficient (Wildman–Crippen LogP) is 2.51. The molecule has 0 saturated heterocycles. The molecule has 0 saturated carbocycles. The number of likely N-dealkylation sites (N-methyl/N-ethyl adjacent to an activating group) is 1. The molecule has 2 atom stereocenters. The maximum absolute atomic E-state index is 13.0. The second-order valence-electron chi connectivity index (χ2n) is 6.87. The molecule has 142 valence electrons. The van der Waals surface area contributed by atoms with Crippen molar-refractivity contribution in [2.45, 2.75) is 19.4 Å². The van der Waals surface area contributed by atoms with Crippen molar-refractivity contribution in [2.24, 2.45) is 0 Å². The third-order valence-corrected chi connectivity index (χ3v) is 5.24. The van der Waals surface area contributed by atoms with Crippen LogP contribution in [0.2, 0.25) is 0 Å². The van der Waals surface area contributed by atoms with Crippen molar-refractivity contribution in [3.8, 4) is 11.5 Å². The Bertz CT molecular complexity index is 932. The summed E-state index contributed by atoms with van der Waals surface area (Å²) in [5.41, 5.74) is 2.93. The quantitative estimate of drug-likeness (QED) is 0.602. The molecule has 0 bridgehead atoms. The van der Waals surface area contributed by atoms with Gasteiger partial charge in [-0.2, -0.15) is 0 Å². The van der Waals surface area contributed by atoms with Crippen LogP contribution < -0.4 is 14.4 Å². The minimum atomic E-state index is -0.121. The highest BCUT2D eigenvalue weighted by Gasteiger charge is 2.25. The minimum Gasteiger partial charge on any atom is -0.493 e. The van der Waals surface area contributed by atoms with Gasteiger partial charge in [-0.1, -0.05) is 24.3 Å². The first-order valence-corrected chi connectivity index (χ1v) is 9.18. The van der Waals surface area contributed by atoms with E-state index < -0.39 is 0 Å². The molecule has 2 aromatic carbocycles. The van der Waals surface area contributed by atoms with E-state index in [1.54, 1.807) is 14.2 Å². The summed E-state index contributed by atoms with van der Waals surface area (Å²) in [6.07, 6.45) is 2.68. The summed E-state index contributed by atoms with van der Waals surface area (Å²) in [7, 11) is 5.34. The SMILES string of the molecule is COc1ccc(CC[NH+](C)[C@H](C)C(=O)c2c[nH]c3ccccc23)cc1OC. The smallest absolute Gasteiger partial charge is 0.221 e. The molecule has 0 aliphatic heterocycles. The van der Waals surface area contributed by atoms with Gasteiger partial charge in [0, 0.05) is 29.1 Å². The van der Waals surface area contributed by atoms with Gasteiger partial charge < -0.3 is 19.4 Å². The first-order valence-electron chi connectivity index (χ1n) is 9.18. The largest absolute Gasteiger partial charge is 0.493 e. The molecule has 27 heavy (non-hydrogen) atoms. The van der Waals surface area contributed by atoms with Gasteiger partial charge in [0.05, 0.1) is 27.8 Å². The monoisotopic (exact) mass is 367 g/mol. The number of carbonyl (C=O) groups is 1. The maximum Gasteiger partial charge on any atom is 0.221 e. The molecule has 0 aliphatic rings. The summed E-state index contributed by atoms with van der Waals surface area (Å²) in [5.74, 6) is 1.62. The third-order valence-electron chi connectivity index (χ3n) is 5.24. The van der Waals surface area contributed by atoms with Crippen molar-refractivity contribution in [1.82, 2.24) is 4.98 Å². The Morgan fingerprint density at radius 1 is 1.11 bits per heavy atom. The molecule has 0 amide bonds. The van der Waals surface area contributed by atoms with Crippen LogP contribution in [-0.2, 0) is 6.42 Å². The average molecular weight is 367 g/mol.